The molecule has 0 spiro atoms. The molecular weight excluding hydrogens is 134 g/mol. The van der Waals surface area contributed by atoms with Gasteiger partial charge in [-0.15, -0.1) is 0 Å². The van der Waals surface area contributed by atoms with Crippen molar-refractivity contribution in [3.8, 4) is 0 Å². The van der Waals surface area contributed by atoms with Crippen LogP contribution in [0.5, 0.6) is 0 Å². The molecule has 0 unspecified atom stereocenters. The van der Waals surface area contributed by atoms with Crippen molar-refractivity contribution in [1.29, 1.82) is 0 Å². The minimum absolute atomic E-state index is 1.02. The summed E-state index contributed by atoms with van der Waals surface area (Å²) in [7, 11) is 1.96. The van der Waals surface area contributed by atoms with Gasteiger partial charge in [-0.25, -0.2) is 0 Å². The fraction of sp³-hybridized carbons (Fsp3) is 0.400. The molecule has 0 aromatic heterocycles. The Morgan fingerprint density at radius 3 is 2.73 bits per heavy atom. The van der Waals surface area contributed by atoms with E-state index in [2.05, 4.69) is 18.0 Å². The summed E-state index contributed by atoms with van der Waals surface area (Å²) in [5, 5.41) is 3.11. The lowest BCUT2D eigenvalue weighted by atomic mass is 10.1. The highest BCUT2D eigenvalue weighted by atomic mass is 14.8. The molecule has 0 rings (SSSR count). The molecule has 1 heteroatoms. The molecule has 1 N–H and O–H groups in total. The van der Waals surface area contributed by atoms with Crippen LogP contribution in [-0.4, -0.2) is 13.6 Å². The minimum Gasteiger partial charge on any atom is -0.319 e. The average molecular weight is 151 g/mol. The normalized spacial score (nSPS) is 12.4. The molecule has 0 saturated carbocycles. The zero-order valence-electron chi connectivity index (χ0n) is 7.43. The van der Waals surface area contributed by atoms with Crippen LogP contribution in [0.15, 0.2) is 36.5 Å². The second-order valence-electron chi connectivity index (χ2n) is 2.33. The summed E-state index contributed by atoms with van der Waals surface area (Å²) >= 11 is 0. The van der Waals surface area contributed by atoms with Crippen molar-refractivity contribution < 1.29 is 0 Å². The molecule has 0 radical (unpaired) electrons. The summed E-state index contributed by atoms with van der Waals surface area (Å²) in [6.07, 6.45) is 9.08. The lowest BCUT2D eigenvalue weighted by molar-refractivity contribution is 0.794. The van der Waals surface area contributed by atoms with Gasteiger partial charge in [-0.3, -0.25) is 0 Å². The first-order valence-corrected chi connectivity index (χ1v) is 3.94. The number of nitrogens with one attached hydrogen (secondary N) is 1. The maximum Gasteiger partial charge on any atom is -0.00114 e. The molecule has 0 amide bonds. The van der Waals surface area contributed by atoms with Gasteiger partial charge in [0.05, 0.1) is 0 Å². The van der Waals surface area contributed by atoms with Crippen LogP contribution in [-0.2, 0) is 0 Å². The van der Waals surface area contributed by atoms with Crippen molar-refractivity contribution >= 4 is 0 Å². The van der Waals surface area contributed by atoms with Gasteiger partial charge in [-0.05, 0) is 32.5 Å². The molecule has 1 nitrogen and oxygen atoms in total. The van der Waals surface area contributed by atoms with Crippen LogP contribution >= 0.6 is 0 Å². The van der Waals surface area contributed by atoms with Gasteiger partial charge in [0.1, 0.15) is 0 Å². The third-order valence-corrected chi connectivity index (χ3v) is 1.38. The van der Waals surface area contributed by atoms with E-state index in [4.69, 9.17) is 0 Å². The van der Waals surface area contributed by atoms with Crippen molar-refractivity contribution in [2.75, 3.05) is 13.6 Å². The van der Waals surface area contributed by atoms with Crippen LogP contribution in [0.2, 0.25) is 0 Å². The topological polar surface area (TPSA) is 12.0 Å². The molecule has 0 aliphatic carbocycles. The van der Waals surface area contributed by atoms with E-state index >= 15 is 0 Å². The van der Waals surface area contributed by atoms with E-state index in [-0.39, 0.29) is 0 Å². The number of hydrogen-bond acceptors (Lipinski definition) is 1. The maximum absolute atomic E-state index is 3.66. The lowest BCUT2D eigenvalue weighted by Gasteiger charge is -1.99. The van der Waals surface area contributed by atoms with Gasteiger partial charge in [0.25, 0.3) is 0 Å². The van der Waals surface area contributed by atoms with Crippen LogP contribution in [0.4, 0.5) is 0 Å². The molecule has 0 aromatic rings. The summed E-state index contributed by atoms with van der Waals surface area (Å²) in [5.74, 6) is 0. The van der Waals surface area contributed by atoms with Crippen LogP contribution < -0.4 is 5.32 Å². The van der Waals surface area contributed by atoms with Gasteiger partial charge >= 0.3 is 0 Å². The summed E-state index contributed by atoms with van der Waals surface area (Å²) in [4.78, 5) is 0. The van der Waals surface area contributed by atoms with Gasteiger partial charge in [-0.2, -0.15) is 0 Å². The second kappa shape index (κ2) is 7.29. The Bertz CT molecular complexity index is 154. The molecular formula is C10H17N. The molecule has 0 fully saturated rings. The zero-order chi connectivity index (χ0) is 8.53. The average Bonchev–Trinajstić information content (AvgIpc) is 2.01. The number of hydrogen-bond donors (Lipinski definition) is 1. The summed E-state index contributed by atoms with van der Waals surface area (Å²) < 4.78 is 0. The van der Waals surface area contributed by atoms with Gasteiger partial charge in [0.15, 0.2) is 0 Å². The Morgan fingerprint density at radius 1 is 1.55 bits per heavy atom. The third kappa shape index (κ3) is 5.62. The van der Waals surface area contributed by atoms with Crippen molar-refractivity contribution in [2.45, 2.75) is 13.3 Å². The monoisotopic (exact) mass is 151 g/mol. The van der Waals surface area contributed by atoms with E-state index in [0.717, 1.165) is 13.0 Å². The molecule has 0 aliphatic heterocycles. The molecule has 0 bridgehead atoms. The molecule has 0 atom stereocenters. The highest BCUT2D eigenvalue weighted by Gasteiger charge is 1.88. The molecule has 0 heterocycles. The van der Waals surface area contributed by atoms with E-state index in [9.17, 15) is 0 Å². The maximum atomic E-state index is 3.66. The molecule has 62 valence electrons. The Hall–Kier alpha value is -0.820. The van der Waals surface area contributed by atoms with Gasteiger partial charge in [-0.1, -0.05) is 30.9 Å². The lowest BCUT2D eigenvalue weighted by Crippen LogP contribution is -2.07. The Labute approximate surface area is 69.5 Å². The first-order valence-electron chi connectivity index (χ1n) is 3.94. The largest absolute Gasteiger partial charge is 0.319 e. The third-order valence-electron chi connectivity index (χ3n) is 1.38. The Balaban J connectivity index is 3.89. The SMILES string of the molecule is C=C/C=C(\C=C/C)CCNC. The minimum atomic E-state index is 1.02. The van der Waals surface area contributed by atoms with E-state index in [1.54, 1.807) is 0 Å². The van der Waals surface area contributed by atoms with Gasteiger partial charge in [0.2, 0.25) is 0 Å². The predicted molar refractivity (Wildman–Crippen MR) is 51.6 cm³/mol. The van der Waals surface area contributed by atoms with Crippen LogP contribution in [0, 0.1) is 0 Å². The summed E-state index contributed by atoms with van der Waals surface area (Å²) in [6, 6.07) is 0. The number of rotatable bonds is 5. The molecule has 0 aromatic carbocycles. The Kier molecular flexibility index (Phi) is 6.75. The molecule has 0 saturated heterocycles. The standard InChI is InChI=1S/C10H17N/c1-4-6-10(7-5-2)8-9-11-3/h4-7,11H,1,8-9H2,2-3H3/b7-5-,10-6+. The van der Waals surface area contributed by atoms with Crippen molar-refractivity contribution in [1.82, 2.24) is 5.32 Å². The Morgan fingerprint density at radius 2 is 2.27 bits per heavy atom. The molecule has 11 heavy (non-hydrogen) atoms. The van der Waals surface area contributed by atoms with E-state index in [1.165, 1.54) is 5.57 Å². The zero-order valence-corrected chi connectivity index (χ0v) is 7.43. The van der Waals surface area contributed by atoms with Crippen molar-refractivity contribution in [3.63, 3.8) is 0 Å². The quantitative estimate of drug-likeness (QED) is 0.594. The highest BCUT2D eigenvalue weighted by Crippen LogP contribution is 2.01. The van der Waals surface area contributed by atoms with Crippen molar-refractivity contribution in [3.05, 3.63) is 36.5 Å². The second-order valence-corrected chi connectivity index (χ2v) is 2.33. The number of allylic oxidation sites excluding steroid dienone is 4. The van der Waals surface area contributed by atoms with E-state index < -0.39 is 0 Å². The first-order chi connectivity index (χ1) is 5.35. The van der Waals surface area contributed by atoms with E-state index in [0.29, 0.717) is 0 Å². The van der Waals surface area contributed by atoms with Crippen LogP contribution in [0.25, 0.3) is 0 Å². The smallest absolute Gasteiger partial charge is 0.00114 e. The summed E-state index contributed by atoms with van der Waals surface area (Å²) in [5.41, 5.74) is 1.32. The molecule has 0 aliphatic rings. The van der Waals surface area contributed by atoms with E-state index in [1.807, 2.05) is 32.2 Å². The van der Waals surface area contributed by atoms with Gasteiger partial charge < -0.3 is 5.32 Å². The van der Waals surface area contributed by atoms with Crippen LogP contribution in [0.3, 0.4) is 0 Å². The van der Waals surface area contributed by atoms with Gasteiger partial charge in [0, 0.05) is 0 Å². The predicted octanol–water partition coefficient (Wildman–Crippen LogP) is 2.28. The highest BCUT2D eigenvalue weighted by molar-refractivity contribution is 5.22. The fourth-order valence-corrected chi connectivity index (χ4v) is 0.857. The fourth-order valence-electron chi connectivity index (χ4n) is 0.857. The first kappa shape index (κ1) is 10.2. The van der Waals surface area contributed by atoms with Crippen LogP contribution in [0.1, 0.15) is 13.3 Å². The summed E-state index contributed by atoms with van der Waals surface area (Å²) in [6.45, 7) is 6.70. The van der Waals surface area contributed by atoms with Crippen molar-refractivity contribution in [2.24, 2.45) is 0 Å².